The summed E-state index contributed by atoms with van der Waals surface area (Å²) in [5.74, 6) is -1.28. The van der Waals surface area contributed by atoms with Crippen LogP contribution in [0.25, 0.3) is 10.9 Å². The van der Waals surface area contributed by atoms with E-state index in [4.69, 9.17) is 5.73 Å². The van der Waals surface area contributed by atoms with Gasteiger partial charge in [0, 0.05) is 30.6 Å². The molecule has 1 aromatic carbocycles. The minimum Gasteiger partial charge on any atom is -0.366 e. The highest BCUT2D eigenvalue weighted by Gasteiger charge is 2.29. The van der Waals surface area contributed by atoms with E-state index in [0.717, 1.165) is 12.8 Å². The Hall–Kier alpha value is -3.35. The molecule has 2 aromatic heterocycles. The molecule has 142 valence electrons. The highest BCUT2D eigenvalue weighted by Crippen LogP contribution is 2.30. The third kappa shape index (κ3) is 3.43. The minimum absolute atomic E-state index is 0.127. The lowest BCUT2D eigenvalue weighted by Gasteiger charge is -2.33. The maximum absolute atomic E-state index is 13.5. The molecule has 0 saturated carbocycles. The van der Waals surface area contributed by atoms with Crippen molar-refractivity contribution in [3.05, 3.63) is 71.4 Å². The highest BCUT2D eigenvalue weighted by atomic mass is 19.1. The van der Waals surface area contributed by atoms with Crippen LogP contribution in [0.3, 0.4) is 0 Å². The molecule has 0 bridgehead atoms. The summed E-state index contributed by atoms with van der Waals surface area (Å²) >= 11 is 0. The number of benzene rings is 1. The SMILES string of the molecule is NC(=O)c1cc2cc(F)ccc2nc1C1CCCN(C(=O)c2ccccn2)C1. The Labute approximate surface area is 161 Å². The first-order chi connectivity index (χ1) is 13.5. The number of hydrogen-bond donors (Lipinski definition) is 1. The third-order valence-electron chi connectivity index (χ3n) is 5.05. The predicted molar refractivity (Wildman–Crippen MR) is 102 cm³/mol. The van der Waals surface area contributed by atoms with Gasteiger partial charge in [-0.3, -0.25) is 19.6 Å². The fourth-order valence-electron chi connectivity index (χ4n) is 3.71. The number of amides is 2. The number of likely N-dealkylation sites (tertiary alicyclic amines) is 1. The van der Waals surface area contributed by atoms with Crippen molar-refractivity contribution in [1.82, 2.24) is 14.9 Å². The molecule has 0 radical (unpaired) electrons. The molecule has 28 heavy (non-hydrogen) atoms. The van der Waals surface area contributed by atoms with Crippen LogP contribution in [0.5, 0.6) is 0 Å². The number of piperidine rings is 1. The zero-order chi connectivity index (χ0) is 19.7. The van der Waals surface area contributed by atoms with E-state index in [1.54, 1.807) is 41.4 Å². The largest absolute Gasteiger partial charge is 0.366 e. The molecule has 6 nitrogen and oxygen atoms in total. The number of fused-ring (bicyclic) bond motifs is 1. The molecule has 3 heterocycles. The van der Waals surface area contributed by atoms with Crippen LogP contribution in [0.2, 0.25) is 0 Å². The number of hydrogen-bond acceptors (Lipinski definition) is 4. The van der Waals surface area contributed by atoms with Crippen molar-refractivity contribution in [3.63, 3.8) is 0 Å². The first kappa shape index (κ1) is 18.0. The molecule has 7 heteroatoms. The van der Waals surface area contributed by atoms with Crippen LogP contribution >= 0.6 is 0 Å². The smallest absolute Gasteiger partial charge is 0.272 e. The van der Waals surface area contributed by atoms with Crippen molar-refractivity contribution >= 4 is 22.7 Å². The Bertz CT molecular complexity index is 1050. The van der Waals surface area contributed by atoms with Crippen LogP contribution in [-0.2, 0) is 0 Å². The zero-order valence-electron chi connectivity index (χ0n) is 15.1. The van der Waals surface area contributed by atoms with Crippen LogP contribution in [0.1, 0.15) is 45.3 Å². The summed E-state index contributed by atoms with van der Waals surface area (Å²) < 4.78 is 13.5. The Morgan fingerprint density at radius 2 is 2.04 bits per heavy atom. The quantitative estimate of drug-likeness (QED) is 0.759. The van der Waals surface area contributed by atoms with Gasteiger partial charge in [0.1, 0.15) is 11.5 Å². The van der Waals surface area contributed by atoms with Gasteiger partial charge in [0.25, 0.3) is 11.8 Å². The normalized spacial score (nSPS) is 16.9. The lowest BCUT2D eigenvalue weighted by molar-refractivity contribution is 0.0700. The molecule has 0 spiro atoms. The summed E-state index contributed by atoms with van der Waals surface area (Å²) in [6, 6.07) is 11.1. The van der Waals surface area contributed by atoms with E-state index >= 15 is 0 Å². The second-order valence-corrected chi connectivity index (χ2v) is 6.93. The summed E-state index contributed by atoms with van der Waals surface area (Å²) in [6.45, 7) is 1.05. The molecule has 3 aromatic rings. The molecule has 2 amide bonds. The third-order valence-corrected chi connectivity index (χ3v) is 5.05. The Morgan fingerprint density at radius 3 is 2.79 bits per heavy atom. The van der Waals surface area contributed by atoms with Crippen LogP contribution in [0, 0.1) is 5.82 Å². The van der Waals surface area contributed by atoms with Gasteiger partial charge in [-0.15, -0.1) is 0 Å². The fourth-order valence-corrected chi connectivity index (χ4v) is 3.71. The summed E-state index contributed by atoms with van der Waals surface area (Å²) in [6.07, 6.45) is 3.15. The van der Waals surface area contributed by atoms with E-state index in [9.17, 15) is 14.0 Å². The summed E-state index contributed by atoms with van der Waals surface area (Å²) in [7, 11) is 0. The molecule has 4 rings (SSSR count). The second-order valence-electron chi connectivity index (χ2n) is 6.93. The Morgan fingerprint density at radius 1 is 1.18 bits per heavy atom. The standard InChI is InChI=1S/C21H19FN4O2/c22-15-6-7-17-14(10-15)11-16(20(23)27)19(25-17)13-4-3-9-26(12-13)21(28)18-5-1-2-8-24-18/h1-2,5-8,10-11,13H,3-4,9,12H2,(H2,23,27). The number of carbonyl (C=O) groups excluding carboxylic acids is 2. The maximum Gasteiger partial charge on any atom is 0.272 e. The van der Waals surface area contributed by atoms with E-state index in [0.29, 0.717) is 35.4 Å². The van der Waals surface area contributed by atoms with Gasteiger partial charge in [0.2, 0.25) is 0 Å². The number of aromatic nitrogens is 2. The average molecular weight is 378 g/mol. The number of pyridine rings is 2. The lowest BCUT2D eigenvalue weighted by atomic mass is 9.90. The van der Waals surface area contributed by atoms with Gasteiger partial charge in [-0.1, -0.05) is 6.07 Å². The number of halogens is 1. The van der Waals surface area contributed by atoms with Gasteiger partial charge in [0.05, 0.1) is 16.8 Å². The van der Waals surface area contributed by atoms with Gasteiger partial charge >= 0.3 is 0 Å². The molecular weight excluding hydrogens is 359 g/mol. The molecule has 1 aliphatic heterocycles. The number of carbonyl (C=O) groups is 2. The minimum atomic E-state index is -0.609. The van der Waals surface area contributed by atoms with Crippen molar-refractivity contribution in [2.75, 3.05) is 13.1 Å². The van der Waals surface area contributed by atoms with E-state index in [1.165, 1.54) is 12.1 Å². The van der Waals surface area contributed by atoms with Crippen molar-refractivity contribution in [2.24, 2.45) is 5.73 Å². The topological polar surface area (TPSA) is 89.2 Å². The van der Waals surface area contributed by atoms with Gasteiger partial charge in [-0.2, -0.15) is 0 Å². The number of nitrogens with zero attached hydrogens (tertiary/aromatic N) is 3. The molecule has 1 unspecified atom stereocenters. The van der Waals surface area contributed by atoms with Crippen LogP contribution < -0.4 is 5.73 Å². The summed E-state index contributed by atoms with van der Waals surface area (Å²) in [5.41, 5.74) is 7.39. The van der Waals surface area contributed by atoms with E-state index in [1.807, 2.05) is 0 Å². The Balaban J connectivity index is 1.68. The van der Waals surface area contributed by atoms with Gasteiger partial charge in [-0.05, 0) is 49.2 Å². The van der Waals surface area contributed by atoms with E-state index in [-0.39, 0.29) is 17.4 Å². The van der Waals surface area contributed by atoms with Gasteiger partial charge in [0.15, 0.2) is 0 Å². The molecule has 2 N–H and O–H groups in total. The van der Waals surface area contributed by atoms with Crippen molar-refractivity contribution < 1.29 is 14.0 Å². The fraction of sp³-hybridized carbons (Fsp3) is 0.238. The molecule has 0 aliphatic carbocycles. The summed E-state index contributed by atoms with van der Waals surface area (Å²) in [5, 5.41) is 0.523. The van der Waals surface area contributed by atoms with Crippen LogP contribution in [-0.4, -0.2) is 39.8 Å². The van der Waals surface area contributed by atoms with E-state index < -0.39 is 11.7 Å². The van der Waals surface area contributed by atoms with Crippen molar-refractivity contribution in [1.29, 1.82) is 0 Å². The summed E-state index contributed by atoms with van der Waals surface area (Å²) in [4.78, 5) is 35.3. The van der Waals surface area contributed by atoms with Crippen molar-refractivity contribution in [2.45, 2.75) is 18.8 Å². The molecular formula is C21H19FN4O2. The Kier molecular flexibility index (Phi) is 4.73. The maximum atomic E-state index is 13.5. The highest BCUT2D eigenvalue weighted by molar-refractivity contribution is 5.98. The predicted octanol–water partition coefficient (Wildman–Crippen LogP) is 2.89. The zero-order valence-corrected chi connectivity index (χ0v) is 15.1. The van der Waals surface area contributed by atoms with E-state index in [2.05, 4.69) is 9.97 Å². The molecule has 1 fully saturated rings. The molecule has 1 saturated heterocycles. The second kappa shape index (κ2) is 7.34. The van der Waals surface area contributed by atoms with Crippen LogP contribution in [0.4, 0.5) is 4.39 Å². The monoisotopic (exact) mass is 378 g/mol. The van der Waals surface area contributed by atoms with Crippen molar-refractivity contribution in [3.8, 4) is 0 Å². The average Bonchev–Trinajstić information content (AvgIpc) is 2.73. The van der Waals surface area contributed by atoms with Gasteiger partial charge in [-0.25, -0.2) is 4.39 Å². The first-order valence-electron chi connectivity index (χ1n) is 9.13. The molecule has 1 atom stereocenters. The first-order valence-corrected chi connectivity index (χ1v) is 9.13. The number of nitrogens with two attached hydrogens (primary N) is 1. The van der Waals surface area contributed by atoms with Crippen LogP contribution in [0.15, 0.2) is 48.7 Å². The number of rotatable bonds is 3. The lowest BCUT2D eigenvalue weighted by Crippen LogP contribution is -2.40. The van der Waals surface area contributed by atoms with Gasteiger partial charge < -0.3 is 10.6 Å². The number of primary amides is 1. The molecule has 1 aliphatic rings.